The molecule has 0 saturated heterocycles. The number of para-hydroxylation sites is 1. The van der Waals surface area contributed by atoms with Crippen LogP contribution in [0.15, 0.2) is 30.5 Å². The fraction of sp³-hybridized carbons (Fsp3) is 0.357. The molecule has 1 heterocycles. The first-order valence-corrected chi connectivity index (χ1v) is 6.00. The summed E-state index contributed by atoms with van der Waals surface area (Å²) >= 11 is 0. The van der Waals surface area contributed by atoms with E-state index in [1.165, 1.54) is 10.9 Å². The molecule has 1 saturated carbocycles. The quantitative estimate of drug-likeness (QED) is 0.849. The number of fused-ring (bicyclic) bond motifs is 1. The molecule has 2 N–H and O–H groups in total. The Bertz CT molecular complexity index is 566. The van der Waals surface area contributed by atoms with Gasteiger partial charge in [0.2, 0.25) is 0 Å². The second kappa shape index (κ2) is 3.62. The Morgan fingerprint density at radius 1 is 1.35 bits per heavy atom. The van der Waals surface area contributed by atoms with Gasteiger partial charge >= 0.3 is 5.97 Å². The number of rotatable bonds is 3. The minimum Gasteiger partial charge on any atom is -0.481 e. The number of carboxylic acid groups (broad SMARTS) is 1. The number of H-pyrrole nitrogens is 1. The van der Waals surface area contributed by atoms with E-state index in [2.05, 4.69) is 17.1 Å². The summed E-state index contributed by atoms with van der Waals surface area (Å²) < 4.78 is 0. The van der Waals surface area contributed by atoms with Crippen molar-refractivity contribution in [1.82, 2.24) is 4.98 Å². The summed E-state index contributed by atoms with van der Waals surface area (Å²) in [5.41, 5.74) is 2.14. The zero-order chi connectivity index (χ0) is 11.9. The van der Waals surface area contributed by atoms with E-state index in [9.17, 15) is 4.79 Å². The lowest BCUT2D eigenvalue weighted by molar-refractivity contribution is -0.139. The summed E-state index contributed by atoms with van der Waals surface area (Å²) in [4.78, 5) is 14.3. The molecule has 1 aliphatic rings. The van der Waals surface area contributed by atoms with Gasteiger partial charge in [0.15, 0.2) is 0 Å². The van der Waals surface area contributed by atoms with Gasteiger partial charge in [-0.3, -0.25) is 4.79 Å². The Kier molecular flexibility index (Phi) is 2.21. The summed E-state index contributed by atoms with van der Waals surface area (Å²) in [6, 6.07) is 8.18. The molecule has 0 unspecified atom stereocenters. The number of nitrogens with one attached hydrogen (secondary N) is 1. The fourth-order valence-corrected chi connectivity index (χ4v) is 2.96. The first-order valence-electron chi connectivity index (χ1n) is 6.00. The summed E-state index contributed by atoms with van der Waals surface area (Å²) in [7, 11) is 0. The Labute approximate surface area is 99.5 Å². The van der Waals surface area contributed by atoms with Crippen LogP contribution in [0.2, 0.25) is 0 Å². The van der Waals surface area contributed by atoms with E-state index in [0.717, 1.165) is 24.8 Å². The van der Waals surface area contributed by atoms with Crippen molar-refractivity contribution in [2.45, 2.75) is 31.1 Å². The Morgan fingerprint density at radius 2 is 2.18 bits per heavy atom. The predicted molar refractivity (Wildman–Crippen MR) is 66.1 cm³/mol. The van der Waals surface area contributed by atoms with Crippen molar-refractivity contribution in [1.29, 1.82) is 0 Å². The van der Waals surface area contributed by atoms with Gasteiger partial charge in [-0.05, 0) is 29.9 Å². The van der Waals surface area contributed by atoms with Crippen LogP contribution in [-0.4, -0.2) is 16.1 Å². The van der Waals surface area contributed by atoms with E-state index in [1.54, 1.807) is 0 Å². The third kappa shape index (κ3) is 1.54. The van der Waals surface area contributed by atoms with E-state index in [0.29, 0.717) is 0 Å². The highest BCUT2D eigenvalue weighted by molar-refractivity contribution is 5.84. The molecule has 1 fully saturated rings. The summed E-state index contributed by atoms with van der Waals surface area (Å²) in [5, 5.41) is 10.3. The second-order valence-corrected chi connectivity index (χ2v) is 4.95. The van der Waals surface area contributed by atoms with Crippen molar-refractivity contribution in [3.63, 3.8) is 0 Å². The monoisotopic (exact) mass is 229 g/mol. The van der Waals surface area contributed by atoms with Crippen LogP contribution in [0.3, 0.4) is 0 Å². The van der Waals surface area contributed by atoms with Crippen LogP contribution in [0.1, 0.15) is 31.2 Å². The number of carbonyl (C=O) groups is 1. The first kappa shape index (κ1) is 10.4. The number of aromatic amines is 1. The van der Waals surface area contributed by atoms with E-state index in [4.69, 9.17) is 5.11 Å². The Balaban J connectivity index is 2.12. The highest BCUT2D eigenvalue weighted by Gasteiger charge is 2.41. The van der Waals surface area contributed by atoms with Gasteiger partial charge in [-0.2, -0.15) is 0 Å². The van der Waals surface area contributed by atoms with Gasteiger partial charge in [0, 0.05) is 17.1 Å². The smallest absolute Gasteiger partial charge is 0.304 e. The molecule has 0 amide bonds. The molecule has 17 heavy (non-hydrogen) atoms. The maximum absolute atomic E-state index is 11.0. The summed E-state index contributed by atoms with van der Waals surface area (Å²) in [6.07, 6.45) is 5.26. The van der Waals surface area contributed by atoms with Crippen molar-refractivity contribution in [2.24, 2.45) is 0 Å². The van der Waals surface area contributed by atoms with Crippen LogP contribution in [0.5, 0.6) is 0 Å². The van der Waals surface area contributed by atoms with Gasteiger partial charge in [0.25, 0.3) is 0 Å². The number of hydrogen-bond acceptors (Lipinski definition) is 1. The molecule has 3 rings (SSSR count). The topological polar surface area (TPSA) is 53.1 Å². The molecule has 1 aromatic heterocycles. The maximum Gasteiger partial charge on any atom is 0.304 e. The second-order valence-electron chi connectivity index (χ2n) is 4.95. The zero-order valence-electron chi connectivity index (χ0n) is 9.57. The number of hydrogen-bond donors (Lipinski definition) is 2. The average molecular weight is 229 g/mol. The molecule has 3 nitrogen and oxygen atoms in total. The standard InChI is InChI=1S/C14H15NO2/c16-12(17)9-14(6-2-7-14)11-4-1-3-10-5-8-15-13(10)11/h1,3-5,8,15H,2,6-7,9H2,(H,16,17). The molecular weight excluding hydrogens is 214 g/mol. The third-order valence-corrected chi connectivity index (χ3v) is 3.96. The van der Waals surface area contributed by atoms with Gasteiger partial charge < -0.3 is 10.1 Å². The highest BCUT2D eigenvalue weighted by Crippen LogP contribution is 2.48. The van der Waals surface area contributed by atoms with Crippen molar-refractivity contribution in [2.75, 3.05) is 0 Å². The third-order valence-electron chi connectivity index (χ3n) is 3.96. The molecule has 0 radical (unpaired) electrons. The SMILES string of the molecule is O=C(O)CC1(c2cccc3cc[nH]c23)CCC1. The summed E-state index contributed by atoms with van der Waals surface area (Å²) in [6.45, 7) is 0. The van der Waals surface area contributed by atoms with Crippen molar-refractivity contribution in [3.8, 4) is 0 Å². The summed E-state index contributed by atoms with van der Waals surface area (Å²) in [5.74, 6) is -0.701. The van der Waals surface area contributed by atoms with Crippen LogP contribution in [0, 0.1) is 0 Å². The fourth-order valence-electron chi connectivity index (χ4n) is 2.96. The van der Waals surface area contributed by atoms with Gasteiger partial charge in [0.05, 0.1) is 6.42 Å². The molecule has 1 aromatic carbocycles. The molecule has 88 valence electrons. The van der Waals surface area contributed by atoms with E-state index in [1.807, 2.05) is 18.3 Å². The molecule has 0 aliphatic heterocycles. The van der Waals surface area contributed by atoms with E-state index in [-0.39, 0.29) is 11.8 Å². The largest absolute Gasteiger partial charge is 0.481 e. The van der Waals surface area contributed by atoms with Gasteiger partial charge in [-0.15, -0.1) is 0 Å². The molecule has 3 heteroatoms. The lowest BCUT2D eigenvalue weighted by Crippen LogP contribution is -2.36. The molecular formula is C14H15NO2. The number of carboxylic acids is 1. The Morgan fingerprint density at radius 3 is 2.82 bits per heavy atom. The van der Waals surface area contributed by atoms with E-state index >= 15 is 0 Å². The average Bonchev–Trinajstić information content (AvgIpc) is 2.70. The first-order chi connectivity index (χ1) is 8.21. The Hall–Kier alpha value is -1.77. The number of aliphatic carboxylic acids is 1. The molecule has 2 aromatic rings. The molecule has 1 aliphatic carbocycles. The predicted octanol–water partition coefficient (Wildman–Crippen LogP) is 3.06. The molecule has 0 atom stereocenters. The lowest BCUT2D eigenvalue weighted by Gasteiger charge is -2.41. The minimum absolute atomic E-state index is 0.143. The van der Waals surface area contributed by atoms with Crippen molar-refractivity contribution in [3.05, 3.63) is 36.0 Å². The number of benzene rings is 1. The van der Waals surface area contributed by atoms with Gasteiger partial charge in [-0.25, -0.2) is 0 Å². The van der Waals surface area contributed by atoms with Crippen LogP contribution in [0.4, 0.5) is 0 Å². The normalized spacial score (nSPS) is 17.9. The van der Waals surface area contributed by atoms with Gasteiger partial charge in [0.1, 0.15) is 0 Å². The van der Waals surface area contributed by atoms with Crippen LogP contribution < -0.4 is 0 Å². The zero-order valence-corrected chi connectivity index (χ0v) is 9.57. The van der Waals surface area contributed by atoms with Gasteiger partial charge in [-0.1, -0.05) is 24.6 Å². The minimum atomic E-state index is -0.701. The van der Waals surface area contributed by atoms with Crippen molar-refractivity contribution < 1.29 is 9.90 Å². The van der Waals surface area contributed by atoms with Crippen molar-refractivity contribution >= 4 is 16.9 Å². The van der Waals surface area contributed by atoms with E-state index < -0.39 is 5.97 Å². The van der Waals surface area contributed by atoms with Crippen LogP contribution in [0.25, 0.3) is 10.9 Å². The van der Waals surface area contributed by atoms with Crippen LogP contribution >= 0.6 is 0 Å². The lowest BCUT2D eigenvalue weighted by atomic mass is 9.62. The maximum atomic E-state index is 11.0. The number of aromatic nitrogens is 1. The molecule has 0 spiro atoms. The van der Waals surface area contributed by atoms with Crippen LogP contribution in [-0.2, 0) is 10.2 Å². The highest BCUT2D eigenvalue weighted by atomic mass is 16.4. The molecule has 0 bridgehead atoms.